The van der Waals surface area contributed by atoms with E-state index in [9.17, 15) is 4.79 Å². The SMILES string of the molecule is CC(C(=O)O)N(C)C.Cc1nccn1CCO.c1ccc2ncccc2c1. The summed E-state index contributed by atoms with van der Waals surface area (Å²) in [6, 6.07) is 11.7. The Hall–Kier alpha value is -2.77. The average Bonchev–Trinajstić information content (AvgIpc) is 3.07. The van der Waals surface area contributed by atoms with Crippen LogP contribution in [0, 0.1) is 6.92 Å². The summed E-state index contributed by atoms with van der Waals surface area (Å²) < 4.78 is 1.90. The molecular formula is C20H28N4O3. The van der Waals surface area contributed by atoms with Crippen molar-refractivity contribution >= 4 is 16.9 Å². The summed E-state index contributed by atoms with van der Waals surface area (Å²) in [4.78, 5) is 19.9. The molecule has 3 aromatic rings. The Labute approximate surface area is 159 Å². The molecule has 0 saturated carbocycles. The van der Waals surface area contributed by atoms with Crippen LogP contribution in [0.5, 0.6) is 0 Å². The van der Waals surface area contributed by atoms with E-state index in [-0.39, 0.29) is 12.6 Å². The first-order chi connectivity index (χ1) is 12.9. The summed E-state index contributed by atoms with van der Waals surface area (Å²) in [5.41, 5.74) is 1.06. The van der Waals surface area contributed by atoms with Crippen molar-refractivity contribution in [2.24, 2.45) is 0 Å². The largest absolute Gasteiger partial charge is 0.480 e. The Morgan fingerprint density at radius 2 is 1.81 bits per heavy atom. The third kappa shape index (κ3) is 7.98. The van der Waals surface area contributed by atoms with E-state index >= 15 is 0 Å². The molecular weight excluding hydrogens is 344 g/mol. The van der Waals surface area contributed by atoms with Crippen molar-refractivity contribution in [1.29, 1.82) is 0 Å². The maximum Gasteiger partial charge on any atom is 0.320 e. The molecule has 2 aromatic heterocycles. The Kier molecular flexibility index (Phi) is 9.71. The lowest BCUT2D eigenvalue weighted by atomic mass is 10.2. The molecule has 0 aliphatic carbocycles. The molecule has 27 heavy (non-hydrogen) atoms. The van der Waals surface area contributed by atoms with Gasteiger partial charge in [-0.3, -0.25) is 14.7 Å². The van der Waals surface area contributed by atoms with Gasteiger partial charge in [0.05, 0.1) is 12.1 Å². The quantitative estimate of drug-likeness (QED) is 0.731. The molecule has 2 heterocycles. The predicted molar refractivity (Wildman–Crippen MR) is 107 cm³/mol. The number of aliphatic hydroxyl groups excluding tert-OH is 1. The molecule has 0 aliphatic rings. The zero-order valence-corrected chi connectivity index (χ0v) is 16.3. The summed E-state index contributed by atoms with van der Waals surface area (Å²) >= 11 is 0. The minimum Gasteiger partial charge on any atom is -0.480 e. The first kappa shape index (κ1) is 22.3. The topological polar surface area (TPSA) is 91.5 Å². The van der Waals surface area contributed by atoms with Gasteiger partial charge in [0, 0.05) is 30.5 Å². The van der Waals surface area contributed by atoms with Gasteiger partial charge in [-0.2, -0.15) is 0 Å². The van der Waals surface area contributed by atoms with Gasteiger partial charge in [0.25, 0.3) is 0 Å². The van der Waals surface area contributed by atoms with E-state index in [1.54, 1.807) is 32.1 Å². The van der Waals surface area contributed by atoms with E-state index in [2.05, 4.69) is 22.1 Å². The zero-order valence-electron chi connectivity index (χ0n) is 16.3. The van der Waals surface area contributed by atoms with Crippen LogP contribution in [-0.4, -0.2) is 62.4 Å². The Morgan fingerprint density at radius 1 is 1.15 bits per heavy atom. The van der Waals surface area contributed by atoms with Gasteiger partial charge in [-0.15, -0.1) is 0 Å². The zero-order chi connectivity index (χ0) is 20.2. The van der Waals surface area contributed by atoms with E-state index in [1.807, 2.05) is 48.1 Å². The summed E-state index contributed by atoms with van der Waals surface area (Å²) in [7, 11) is 3.47. The Bertz CT molecular complexity index is 752. The molecule has 1 aromatic carbocycles. The van der Waals surface area contributed by atoms with Crippen LogP contribution in [0.15, 0.2) is 55.0 Å². The monoisotopic (exact) mass is 372 g/mol. The number of para-hydroxylation sites is 1. The van der Waals surface area contributed by atoms with Crippen LogP contribution in [0.25, 0.3) is 10.9 Å². The standard InChI is InChI=1S/C9H7N.C6H10N2O.C5H11NO2/c1-2-6-9-8(4-1)5-3-7-10-9;1-6-7-2-3-8(6)4-5-9;1-4(5(7)8)6(2)3/h1-7H;2-3,9H,4-5H2,1H3;4H,1-3H3,(H,7,8). The number of pyridine rings is 1. The molecule has 0 radical (unpaired) electrons. The normalized spacial score (nSPS) is 11.2. The maximum absolute atomic E-state index is 10.1. The number of hydrogen-bond donors (Lipinski definition) is 2. The highest BCUT2D eigenvalue weighted by Gasteiger charge is 2.11. The number of rotatable bonds is 4. The number of carboxylic acids is 1. The van der Waals surface area contributed by atoms with E-state index in [0.29, 0.717) is 6.54 Å². The number of carboxylic acid groups (broad SMARTS) is 1. The van der Waals surface area contributed by atoms with Crippen LogP contribution >= 0.6 is 0 Å². The van der Waals surface area contributed by atoms with Crippen molar-refractivity contribution in [3.05, 3.63) is 60.8 Å². The maximum atomic E-state index is 10.1. The minimum atomic E-state index is -0.782. The van der Waals surface area contributed by atoms with E-state index in [4.69, 9.17) is 10.2 Å². The van der Waals surface area contributed by atoms with Crippen LogP contribution < -0.4 is 0 Å². The predicted octanol–water partition coefficient (Wildman–Crippen LogP) is 2.44. The molecule has 0 saturated heterocycles. The lowest BCUT2D eigenvalue weighted by molar-refractivity contribution is -0.141. The van der Waals surface area contributed by atoms with Crippen molar-refractivity contribution in [3.63, 3.8) is 0 Å². The molecule has 2 N–H and O–H groups in total. The highest BCUT2D eigenvalue weighted by molar-refractivity contribution is 5.77. The van der Waals surface area contributed by atoms with Gasteiger partial charge in [0.15, 0.2) is 0 Å². The van der Waals surface area contributed by atoms with Crippen molar-refractivity contribution in [3.8, 4) is 0 Å². The number of imidazole rings is 1. The van der Waals surface area contributed by atoms with Gasteiger partial charge >= 0.3 is 5.97 Å². The van der Waals surface area contributed by atoms with Crippen molar-refractivity contribution < 1.29 is 15.0 Å². The van der Waals surface area contributed by atoms with E-state index in [0.717, 1.165) is 11.3 Å². The molecule has 7 heteroatoms. The Morgan fingerprint density at radius 3 is 2.30 bits per heavy atom. The van der Waals surface area contributed by atoms with Crippen LogP contribution in [-0.2, 0) is 11.3 Å². The summed E-state index contributed by atoms with van der Waals surface area (Å²) in [5, 5.41) is 18.0. The van der Waals surface area contributed by atoms with Crippen molar-refractivity contribution in [2.45, 2.75) is 26.4 Å². The fourth-order valence-corrected chi connectivity index (χ4v) is 1.98. The van der Waals surface area contributed by atoms with Crippen molar-refractivity contribution in [2.75, 3.05) is 20.7 Å². The Balaban J connectivity index is 0.000000205. The number of aliphatic carboxylic acids is 1. The molecule has 0 aliphatic heterocycles. The number of aromatic nitrogens is 3. The first-order valence-electron chi connectivity index (χ1n) is 8.64. The summed E-state index contributed by atoms with van der Waals surface area (Å²) in [6.45, 7) is 4.38. The number of aliphatic hydroxyl groups is 1. The van der Waals surface area contributed by atoms with Gasteiger partial charge in [-0.05, 0) is 40.1 Å². The van der Waals surface area contributed by atoms with Crippen molar-refractivity contribution in [1.82, 2.24) is 19.4 Å². The van der Waals surface area contributed by atoms with E-state index < -0.39 is 5.97 Å². The lowest BCUT2D eigenvalue weighted by Crippen LogP contribution is -2.32. The number of benzene rings is 1. The first-order valence-corrected chi connectivity index (χ1v) is 8.64. The second-order valence-corrected chi connectivity index (χ2v) is 6.07. The molecule has 1 atom stereocenters. The van der Waals surface area contributed by atoms with Crippen LogP contribution in [0.2, 0.25) is 0 Å². The third-order valence-corrected chi connectivity index (χ3v) is 3.91. The second kappa shape index (κ2) is 11.8. The molecule has 1 unspecified atom stereocenters. The van der Waals surface area contributed by atoms with Gasteiger partial charge in [0.2, 0.25) is 0 Å². The highest BCUT2D eigenvalue weighted by atomic mass is 16.4. The number of likely N-dealkylation sites (N-methyl/N-ethyl adjacent to an activating group) is 1. The molecule has 7 nitrogen and oxygen atoms in total. The lowest BCUT2D eigenvalue weighted by Gasteiger charge is -2.13. The van der Waals surface area contributed by atoms with Gasteiger partial charge in [-0.1, -0.05) is 24.3 Å². The fraction of sp³-hybridized carbons (Fsp3) is 0.350. The van der Waals surface area contributed by atoms with Crippen LogP contribution in [0.1, 0.15) is 12.7 Å². The molecule has 0 fully saturated rings. The molecule has 0 amide bonds. The molecule has 0 bridgehead atoms. The summed E-state index contributed by atoms with van der Waals surface area (Å²) in [5.74, 6) is 0.166. The van der Waals surface area contributed by atoms with E-state index in [1.165, 1.54) is 5.39 Å². The minimum absolute atomic E-state index is 0.178. The number of fused-ring (bicyclic) bond motifs is 1. The number of carbonyl (C=O) groups is 1. The number of nitrogens with zero attached hydrogens (tertiary/aromatic N) is 4. The molecule has 3 rings (SSSR count). The average molecular weight is 372 g/mol. The van der Waals surface area contributed by atoms with Crippen LogP contribution in [0.3, 0.4) is 0 Å². The number of hydrogen-bond acceptors (Lipinski definition) is 5. The third-order valence-electron chi connectivity index (χ3n) is 3.91. The highest BCUT2D eigenvalue weighted by Crippen LogP contribution is 2.07. The molecule has 0 spiro atoms. The van der Waals surface area contributed by atoms with Gasteiger partial charge in [-0.25, -0.2) is 4.98 Å². The number of aryl methyl sites for hydroxylation is 1. The summed E-state index contributed by atoms with van der Waals surface area (Å²) in [6.07, 6.45) is 5.39. The smallest absolute Gasteiger partial charge is 0.320 e. The molecule has 146 valence electrons. The van der Waals surface area contributed by atoms with Gasteiger partial charge < -0.3 is 14.8 Å². The second-order valence-electron chi connectivity index (χ2n) is 6.07. The van der Waals surface area contributed by atoms with Crippen LogP contribution in [0.4, 0.5) is 0 Å². The van der Waals surface area contributed by atoms with Gasteiger partial charge in [0.1, 0.15) is 11.9 Å². The fourth-order valence-electron chi connectivity index (χ4n) is 1.98.